The Balaban J connectivity index is 2.44. The number of ether oxygens (including phenoxy) is 1. The molecule has 0 radical (unpaired) electrons. The van der Waals surface area contributed by atoms with E-state index in [1.165, 1.54) is 0 Å². The molecular weight excluding hydrogens is 280 g/mol. The lowest BCUT2D eigenvalue weighted by molar-refractivity contribution is 0.317. The third-order valence-corrected chi connectivity index (χ3v) is 4.04. The molecule has 114 valence electrons. The van der Waals surface area contributed by atoms with Crippen LogP contribution in [0.15, 0.2) is 18.2 Å². The number of hydrogen-bond donors (Lipinski definition) is 3. The monoisotopic (exact) mass is 302 g/mol. The highest BCUT2D eigenvalue weighted by Gasteiger charge is 2.08. The maximum Gasteiger partial charge on any atom is 0.212 e. The van der Waals surface area contributed by atoms with Gasteiger partial charge in [0.1, 0.15) is 0 Å². The predicted octanol–water partition coefficient (Wildman–Crippen LogP) is 0.820. The standard InChI is InChI=1S/C13H22N2O4S/c1-3-15-20(17,18)8-7-14-10-11-5-6-12(16)13(9-11)19-4-2/h5-6,9,14-16H,3-4,7-8,10H2,1-2H3. The molecule has 0 unspecified atom stereocenters. The molecule has 0 saturated heterocycles. The topological polar surface area (TPSA) is 87.7 Å². The molecule has 20 heavy (non-hydrogen) atoms. The zero-order valence-electron chi connectivity index (χ0n) is 11.8. The van der Waals surface area contributed by atoms with Gasteiger partial charge in [0.25, 0.3) is 0 Å². The van der Waals surface area contributed by atoms with Gasteiger partial charge in [0.2, 0.25) is 10.0 Å². The van der Waals surface area contributed by atoms with Gasteiger partial charge in [-0.05, 0) is 24.6 Å². The van der Waals surface area contributed by atoms with Crippen molar-refractivity contribution in [3.63, 3.8) is 0 Å². The molecule has 1 aromatic carbocycles. The van der Waals surface area contributed by atoms with Crippen LogP contribution in [-0.2, 0) is 16.6 Å². The quantitative estimate of drug-likeness (QED) is 0.588. The van der Waals surface area contributed by atoms with Gasteiger partial charge < -0.3 is 15.2 Å². The zero-order valence-corrected chi connectivity index (χ0v) is 12.7. The first-order chi connectivity index (χ1) is 9.48. The van der Waals surface area contributed by atoms with Crippen LogP contribution in [0.2, 0.25) is 0 Å². The van der Waals surface area contributed by atoms with Crippen LogP contribution in [0.1, 0.15) is 19.4 Å². The summed E-state index contributed by atoms with van der Waals surface area (Å²) in [5.74, 6) is 0.578. The summed E-state index contributed by atoms with van der Waals surface area (Å²) in [7, 11) is -3.19. The minimum absolute atomic E-state index is 0.0389. The van der Waals surface area contributed by atoms with Crippen LogP contribution in [0.25, 0.3) is 0 Å². The largest absolute Gasteiger partial charge is 0.504 e. The molecule has 0 aliphatic rings. The van der Waals surface area contributed by atoms with Gasteiger partial charge in [0.05, 0.1) is 12.4 Å². The Morgan fingerprint density at radius 2 is 2.05 bits per heavy atom. The van der Waals surface area contributed by atoms with E-state index in [2.05, 4.69) is 10.0 Å². The fourth-order valence-corrected chi connectivity index (χ4v) is 2.67. The van der Waals surface area contributed by atoms with Crippen LogP contribution < -0.4 is 14.8 Å². The molecule has 0 bridgehead atoms. The van der Waals surface area contributed by atoms with Crippen molar-refractivity contribution >= 4 is 10.0 Å². The van der Waals surface area contributed by atoms with Crippen LogP contribution in [0.4, 0.5) is 0 Å². The molecule has 0 aliphatic carbocycles. The second-order valence-electron chi connectivity index (χ2n) is 4.23. The Bertz CT molecular complexity index is 517. The first-order valence-corrected chi connectivity index (χ1v) is 8.26. The molecule has 1 rings (SSSR count). The molecule has 0 fully saturated rings. The number of phenolic OH excluding ortho intramolecular Hbond substituents is 1. The highest BCUT2D eigenvalue weighted by Crippen LogP contribution is 2.26. The Morgan fingerprint density at radius 1 is 1.30 bits per heavy atom. The van der Waals surface area contributed by atoms with Crippen LogP contribution in [0.3, 0.4) is 0 Å². The van der Waals surface area contributed by atoms with Crippen molar-refractivity contribution in [1.29, 1.82) is 0 Å². The van der Waals surface area contributed by atoms with Crippen LogP contribution >= 0.6 is 0 Å². The van der Waals surface area contributed by atoms with Gasteiger partial charge in [0, 0.05) is 19.6 Å². The van der Waals surface area contributed by atoms with E-state index in [1.807, 2.05) is 6.92 Å². The third kappa shape index (κ3) is 5.77. The molecule has 0 heterocycles. The first-order valence-electron chi connectivity index (χ1n) is 6.61. The third-order valence-electron chi connectivity index (χ3n) is 2.57. The van der Waals surface area contributed by atoms with E-state index in [0.29, 0.717) is 32.0 Å². The van der Waals surface area contributed by atoms with Gasteiger partial charge in [-0.2, -0.15) is 0 Å². The fourth-order valence-electron chi connectivity index (χ4n) is 1.67. The number of nitrogens with one attached hydrogen (secondary N) is 2. The van der Waals surface area contributed by atoms with E-state index in [0.717, 1.165) is 5.56 Å². The Kier molecular flexibility index (Phi) is 6.77. The fraction of sp³-hybridized carbons (Fsp3) is 0.538. The second kappa shape index (κ2) is 8.08. The van der Waals surface area contributed by atoms with Crippen molar-refractivity contribution < 1.29 is 18.3 Å². The lowest BCUT2D eigenvalue weighted by atomic mass is 10.2. The Hall–Kier alpha value is -1.31. The van der Waals surface area contributed by atoms with Crippen molar-refractivity contribution in [2.75, 3.05) is 25.4 Å². The van der Waals surface area contributed by atoms with Gasteiger partial charge in [0.15, 0.2) is 11.5 Å². The molecule has 6 nitrogen and oxygen atoms in total. The zero-order chi connectivity index (χ0) is 15.0. The maximum absolute atomic E-state index is 11.4. The van der Waals surface area contributed by atoms with Gasteiger partial charge in [-0.15, -0.1) is 0 Å². The molecule has 1 aromatic rings. The van der Waals surface area contributed by atoms with E-state index in [9.17, 15) is 13.5 Å². The molecule has 0 saturated carbocycles. The minimum atomic E-state index is -3.19. The van der Waals surface area contributed by atoms with Crippen molar-refractivity contribution in [2.45, 2.75) is 20.4 Å². The van der Waals surface area contributed by atoms with Gasteiger partial charge in [-0.3, -0.25) is 0 Å². The van der Waals surface area contributed by atoms with E-state index < -0.39 is 10.0 Å². The first kappa shape index (κ1) is 16.7. The minimum Gasteiger partial charge on any atom is -0.504 e. The maximum atomic E-state index is 11.4. The summed E-state index contributed by atoms with van der Waals surface area (Å²) in [5.41, 5.74) is 0.923. The highest BCUT2D eigenvalue weighted by atomic mass is 32.2. The van der Waals surface area contributed by atoms with E-state index in [4.69, 9.17) is 4.74 Å². The van der Waals surface area contributed by atoms with Crippen LogP contribution in [-0.4, -0.2) is 39.0 Å². The smallest absolute Gasteiger partial charge is 0.212 e. The number of sulfonamides is 1. The Labute approximate surface area is 120 Å². The molecule has 0 atom stereocenters. The molecule has 3 N–H and O–H groups in total. The number of aromatic hydroxyl groups is 1. The van der Waals surface area contributed by atoms with Crippen molar-refractivity contribution in [1.82, 2.24) is 10.0 Å². The predicted molar refractivity (Wildman–Crippen MR) is 78.4 cm³/mol. The SMILES string of the molecule is CCNS(=O)(=O)CCNCc1ccc(O)c(OCC)c1. The lowest BCUT2D eigenvalue weighted by Gasteiger charge is -2.09. The van der Waals surface area contributed by atoms with Crippen molar-refractivity contribution in [2.24, 2.45) is 0 Å². The normalized spacial score (nSPS) is 11.5. The molecule has 0 aromatic heterocycles. The molecule has 0 aliphatic heterocycles. The summed E-state index contributed by atoms with van der Waals surface area (Å²) in [6, 6.07) is 5.08. The summed E-state index contributed by atoms with van der Waals surface area (Å²) in [4.78, 5) is 0. The summed E-state index contributed by atoms with van der Waals surface area (Å²) in [6.45, 7) is 5.35. The summed E-state index contributed by atoms with van der Waals surface area (Å²) in [5, 5.41) is 12.6. The van der Waals surface area contributed by atoms with Crippen molar-refractivity contribution in [3.8, 4) is 11.5 Å². The van der Waals surface area contributed by atoms with Gasteiger partial charge in [-0.1, -0.05) is 13.0 Å². The lowest BCUT2D eigenvalue weighted by Crippen LogP contribution is -2.31. The summed E-state index contributed by atoms with van der Waals surface area (Å²) in [6.07, 6.45) is 0. The molecule has 7 heteroatoms. The summed E-state index contributed by atoms with van der Waals surface area (Å²) < 4.78 is 30.6. The Morgan fingerprint density at radius 3 is 2.70 bits per heavy atom. The van der Waals surface area contributed by atoms with Crippen LogP contribution in [0, 0.1) is 0 Å². The molecule has 0 amide bonds. The van der Waals surface area contributed by atoms with Crippen LogP contribution in [0.5, 0.6) is 11.5 Å². The number of phenols is 1. The second-order valence-corrected chi connectivity index (χ2v) is 6.16. The number of hydrogen-bond acceptors (Lipinski definition) is 5. The average Bonchev–Trinajstić information content (AvgIpc) is 2.38. The van der Waals surface area contributed by atoms with E-state index in [1.54, 1.807) is 25.1 Å². The molecular formula is C13H22N2O4S. The number of benzene rings is 1. The summed E-state index contributed by atoms with van der Waals surface area (Å²) >= 11 is 0. The van der Waals surface area contributed by atoms with E-state index in [-0.39, 0.29) is 11.5 Å². The molecule has 0 spiro atoms. The van der Waals surface area contributed by atoms with Gasteiger partial charge >= 0.3 is 0 Å². The highest BCUT2D eigenvalue weighted by molar-refractivity contribution is 7.89. The number of rotatable bonds is 9. The van der Waals surface area contributed by atoms with Crippen molar-refractivity contribution in [3.05, 3.63) is 23.8 Å². The van der Waals surface area contributed by atoms with E-state index >= 15 is 0 Å². The average molecular weight is 302 g/mol. The van der Waals surface area contributed by atoms with Gasteiger partial charge in [-0.25, -0.2) is 13.1 Å².